The second-order valence-electron chi connectivity index (χ2n) is 6.74. The molecule has 29 heavy (non-hydrogen) atoms. The van der Waals surface area contributed by atoms with Gasteiger partial charge >= 0.3 is 0 Å². The number of benzene rings is 2. The van der Waals surface area contributed by atoms with E-state index in [1.54, 1.807) is 12.1 Å². The first-order valence-electron chi connectivity index (χ1n) is 9.15. The van der Waals surface area contributed by atoms with Gasteiger partial charge < -0.3 is 14.8 Å². The van der Waals surface area contributed by atoms with Gasteiger partial charge in [0.25, 0.3) is 5.91 Å². The average molecular weight is 439 g/mol. The highest BCUT2D eigenvalue weighted by atomic mass is 35.5. The molecule has 0 radical (unpaired) electrons. The van der Waals surface area contributed by atoms with Gasteiger partial charge in [-0.1, -0.05) is 17.7 Å². The van der Waals surface area contributed by atoms with Crippen LogP contribution >= 0.6 is 11.6 Å². The second kappa shape index (κ2) is 9.13. The van der Waals surface area contributed by atoms with E-state index in [0.717, 1.165) is 11.1 Å². The Bertz CT molecular complexity index is 1000. The van der Waals surface area contributed by atoms with Crippen LogP contribution in [0.3, 0.4) is 0 Å². The zero-order chi connectivity index (χ0) is 21.0. The molecule has 1 saturated heterocycles. The Kier molecular flexibility index (Phi) is 6.79. The van der Waals surface area contributed by atoms with Gasteiger partial charge in [-0.2, -0.15) is 4.31 Å². The fraction of sp³-hybridized carbons (Fsp3) is 0.350. The smallest absolute Gasteiger partial charge is 0.262 e. The minimum Gasteiger partial charge on any atom is -0.484 e. The molecule has 3 rings (SSSR count). The highest BCUT2D eigenvalue weighted by molar-refractivity contribution is 7.89. The lowest BCUT2D eigenvalue weighted by Crippen LogP contribution is -2.40. The molecule has 0 bridgehead atoms. The zero-order valence-electron chi connectivity index (χ0n) is 16.3. The van der Waals surface area contributed by atoms with Crippen LogP contribution in [0.1, 0.15) is 11.1 Å². The van der Waals surface area contributed by atoms with E-state index in [0.29, 0.717) is 24.7 Å². The van der Waals surface area contributed by atoms with Gasteiger partial charge in [0, 0.05) is 18.8 Å². The summed E-state index contributed by atoms with van der Waals surface area (Å²) in [5, 5.41) is 2.75. The van der Waals surface area contributed by atoms with Crippen molar-refractivity contribution in [1.82, 2.24) is 4.31 Å². The van der Waals surface area contributed by atoms with Crippen LogP contribution in [0.2, 0.25) is 5.02 Å². The summed E-state index contributed by atoms with van der Waals surface area (Å²) in [5.74, 6) is 0.190. The fourth-order valence-electron chi connectivity index (χ4n) is 2.85. The Morgan fingerprint density at radius 1 is 1.14 bits per heavy atom. The van der Waals surface area contributed by atoms with Gasteiger partial charge in [-0.3, -0.25) is 4.79 Å². The molecule has 2 aromatic carbocycles. The van der Waals surface area contributed by atoms with Crippen molar-refractivity contribution < 1.29 is 22.7 Å². The standard InChI is InChI=1S/C20H23ClN2O5S/c1-14-3-5-17(11-15(14)2)28-13-20(24)22-16-4-6-18(21)19(12-16)29(25,26)23-7-9-27-10-8-23/h3-6,11-12H,7-10,13H2,1-2H3,(H,22,24). The molecule has 0 spiro atoms. The molecular formula is C20H23ClN2O5S. The number of halogens is 1. The average Bonchev–Trinajstić information content (AvgIpc) is 2.71. The third-order valence-electron chi connectivity index (χ3n) is 4.65. The maximum atomic E-state index is 12.9. The first-order chi connectivity index (χ1) is 13.8. The first-order valence-corrected chi connectivity index (χ1v) is 11.0. The normalized spacial score (nSPS) is 15.1. The molecule has 9 heteroatoms. The van der Waals surface area contributed by atoms with Crippen LogP contribution in [0.5, 0.6) is 5.75 Å². The van der Waals surface area contributed by atoms with E-state index in [-0.39, 0.29) is 29.6 Å². The van der Waals surface area contributed by atoms with Crippen molar-refractivity contribution in [2.45, 2.75) is 18.7 Å². The summed E-state index contributed by atoms with van der Waals surface area (Å²) in [6.45, 7) is 4.96. The van der Waals surface area contributed by atoms with Crippen LogP contribution in [0.15, 0.2) is 41.3 Å². The summed E-state index contributed by atoms with van der Waals surface area (Å²) in [5.41, 5.74) is 2.53. The zero-order valence-corrected chi connectivity index (χ0v) is 17.8. The third kappa shape index (κ3) is 5.27. The predicted molar refractivity (Wildman–Crippen MR) is 111 cm³/mol. The van der Waals surface area contributed by atoms with Crippen LogP contribution in [-0.2, 0) is 19.6 Å². The van der Waals surface area contributed by atoms with Crippen molar-refractivity contribution in [3.05, 3.63) is 52.5 Å². The number of nitrogens with one attached hydrogen (secondary N) is 1. The molecular weight excluding hydrogens is 416 g/mol. The SMILES string of the molecule is Cc1ccc(OCC(=O)Nc2ccc(Cl)c(S(=O)(=O)N3CCOCC3)c2)cc1C. The topological polar surface area (TPSA) is 84.9 Å². The number of aryl methyl sites for hydroxylation is 2. The summed E-state index contributed by atoms with van der Waals surface area (Å²) >= 11 is 6.13. The lowest BCUT2D eigenvalue weighted by atomic mass is 10.1. The van der Waals surface area contributed by atoms with E-state index < -0.39 is 15.9 Å². The van der Waals surface area contributed by atoms with E-state index in [4.69, 9.17) is 21.1 Å². The van der Waals surface area contributed by atoms with Gasteiger partial charge in [0.15, 0.2) is 6.61 Å². The molecule has 0 unspecified atom stereocenters. The van der Waals surface area contributed by atoms with E-state index >= 15 is 0 Å². The van der Waals surface area contributed by atoms with Gasteiger partial charge in [-0.05, 0) is 55.3 Å². The third-order valence-corrected chi connectivity index (χ3v) is 7.03. The van der Waals surface area contributed by atoms with Gasteiger partial charge in [-0.25, -0.2) is 8.42 Å². The minimum atomic E-state index is -3.78. The quantitative estimate of drug-likeness (QED) is 0.749. The molecule has 1 aliphatic rings. The van der Waals surface area contributed by atoms with Crippen LogP contribution in [-0.4, -0.2) is 51.5 Å². The summed E-state index contributed by atoms with van der Waals surface area (Å²) < 4.78 is 37.8. The molecule has 1 fully saturated rings. The maximum Gasteiger partial charge on any atom is 0.262 e. The number of carbonyl (C=O) groups is 1. The lowest BCUT2D eigenvalue weighted by Gasteiger charge is -2.26. The summed E-state index contributed by atoms with van der Waals surface area (Å²) in [6.07, 6.45) is 0. The summed E-state index contributed by atoms with van der Waals surface area (Å²) in [4.78, 5) is 12.2. The first kappa shape index (κ1) is 21.6. The molecule has 1 aliphatic heterocycles. The Morgan fingerprint density at radius 2 is 1.86 bits per heavy atom. The lowest BCUT2D eigenvalue weighted by molar-refractivity contribution is -0.118. The van der Waals surface area contributed by atoms with Gasteiger partial charge in [0.2, 0.25) is 10.0 Å². The van der Waals surface area contributed by atoms with E-state index in [9.17, 15) is 13.2 Å². The Hall–Kier alpha value is -2.13. The van der Waals surface area contributed by atoms with Crippen molar-refractivity contribution in [2.24, 2.45) is 0 Å². The molecule has 2 aromatic rings. The summed E-state index contributed by atoms with van der Waals surface area (Å²) in [7, 11) is -3.78. The number of amides is 1. The van der Waals surface area contributed by atoms with Gasteiger partial charge in [0.05, 0.1) is 18.2 Å². The Morgan fingerprint density at radius 3 is 2.55 bits per heavy atom. The molecule has 156 valence electrons. The molecule has 1 amide bonds. The minimum absolute atomic E-state index is 0.0473. The van der Waals surface area contributed by atoms with Crippen molar-refractivity contribution in [3.8, 4) is 5.75 Å². The van der Waals surface area contributed by atoms with Crippen molar-refractivity contribution in [3.63, 3.8) is 0 Å². The highest BCUT2D eigenvalue weighted by Gasteiger charge is 2.28. The maximum absolute atomic E-state index is 12.9. The van der Waals surface area contributed by atoms with Gasteiger partial charge in [-0.15, -0.1) is 0 Å². The monoisotopic (exact) mass is 438 g/mol. The molecule has 7 nitrogen and oxygen atoms in total. The number of hydrogen-bond acceptors (Lipinski definition) is 5. The van der Waals surface area contributed by atoms with Crippen molar-refractivity contribution >= 4 is 33.2 Å². The number of hydrogen-bond donors (Lipinski definition) is 1. The van der Waals surface area contributed by atoms with E-state index in [1.165, 1.54) is 16.4 Å². The number of carbonyl (C=O) groups excluding carboxylic acids is 1. The Labute approximate surface area is 175 Å². The molecule has 1 N–H and O–H groups in total. The number of rotatable bonds is 6. The summed E-state index contributed by atoms with van der Waals surface area (Å²) in [6, 6.07) is 9.94. The van der Waals surface area contributed by atoms with Gasteiger partial charge in [0.1, 0.15) is 10.6 Å². The molecule has 0 aromatic heterocycles. The number of anilines is 1. The van der Waals surface area contributed by atoms with E-state index in [1.807, 2.05) is 26.0 Å². The van der Waals surface area contributed by atoms with Crippen LogP contribution in [0.4, 0.5) is 5.69 Å². The molecule has 0 atom stereocenters. The molecule has 0 aliphatic carbocycles. The van der Waals surface area contributed by atoms with Crippen molar-refractivity contribution in [2.75, 3.05) is 38.2 Å². The number of morpholine rings is 1. The second-order valence-corrected chi connectivity index (χ2v) is 9.06. The fourth-order valence-corrected chi connectivity index (χ4v) is 4.76. The number of nitrogens with zero attached hydrogens (tertiary/aromatic N) is 1. The van der Waals surface area contributed by atoms with Crippen LogP contribution in [0.25, 0.3) is 0 Å². The predicted octanol–water partition coefficient (Wildman–Crippen LogP) is 3.00. The van der Waals surface area contributed by atoms with E-state index in [2.05, 4.69) is 5.32 Å². The van der Waals surface area contributed by atoms with Crippen molar-refractivity contribution in [1.29, 1.82) is 0 Å². The largest absolute Gasteiger partial charge is 0.484 e. The molecule has 0 saturated carbocycles. The van der Waals surface area contributed by atoms with Crippen LogP contribution in [0, 0.1) is 13.8 Å². The molecule has 1 heterocycles. The number of sulfonamides is 1. The number of ether oxygens (including phenoxy) is 2. The van der Waals surface area contributed by atoms with Crippen LogP contribution < -0.4 is 10.1 Å². The highest BCUT2D eigenvalue weighted by Crippen LogP contribution is 2.28. The Balaban J connectivity index is 1.68.